The van der Waals surface area contributed by atoms with Gasteiger partial charge in [0, 0.05) is 14.1 Å². The Bertz CT molecular complexity index is 836. The number of nitrogens with zero attached hydrogens (tertiary/aromatic N) is 1. The highest BCUT2D eigenvalue weighted by Gasteiger charge is 2.31. The first-order chi connectivity index (χ1) is 15.7. The highest BCUT2D eigenvalue weighted by atomic mass is 16.6. The monoisotopic (exact) mass is 478 g/mol. The molecule has 0 aliphatic rings. The average Bonchev–Trinajstić information content (AvgIpc) is 2.73. The molecule has 3 atom stereocenters. The van der Waals surface area contributed by atoms with Crippen LogP contribution in [-0.4, -0.2) is 72.2 Å². The van der Waals surface area contributed by atoms with Crippen molar-refractivity contribution in [2.24, 2.45) is 5.92 Å². The van der Waals surface area contributed by atoms with Gasteiger partial charge >= 0.3 is 6.09 Å². The van der Waals surface area contributed by atoms with Crippen LogP contribution < -0.4 is 16.0 Å². The van der Waals surface area contributed by atoms with E-state index in [1.165, 1.54) is 4.90 Å². The number of benzene rings is 1. The summed E-state index contributed by atoms with van der Waals surface area (Å²) in [6, 6.07) is 6.90. The fraction of sp³-hybridized carbons (Fsp3) is 0.583. The van der Waals surface area contributed by atoms with E-state index in [0.717, 1.165) is 0 Å². The Balaban J connectivity index is 2.79. The number of ether oxygens (including phenoxy) is 1. The number of hydrogen-bond donors (Lipinski definition) is 4. The quantitative estimate of drug-likeness (QED) is 0.401. The molecule has 0 saturated carbocycles. The summed E-state index contributed by atoms with van der Waals surface area (Å²) in [5.41, 5.74) is -0.142. The summed E-state index contributed by atoms with van der Waals surface area (Å²) < 4.78 is 5.21. The molecule has 10 nitrogen and oxygen atoms in total. The first-order valence-corrected chi connectivity index (χ1v) is 11.2. The van der Waals surface area contributed by atoms with E-state index in [-0.39, 0.29) is 11.8 Å². The van der Waals surface area contributed by atoms with Crippen LogP contribution in [0.3, 0.4) is 0 Å². The molecule has 0 spiro atoms. The van der Waals surface area contributed by atoms with Gasteiger partial charge in [0.2, 0.25) is 11.8 Å². The van der Waals surface area contributed by atoms with Crippen molar-refractivity contribution >= 4 is 23.8 Å². The molecule has 0 fully saturated rings. The SMILES string of the molecule is CC(C)CC(NC(=O)OC(C)(C)C)C(O)C(=O)NCC(=O)N[C@H](C(=O)N(C)C)c1ccccc1. The second kappa shape index (κ2) is 12.9. The van der Waals surface area contributed by atoms with Crippen molar-refractivity contribution in [2.75, 3.05) is 20.6 Å². The van der Waals surface area contributed by atoms with Gasteiger partial charge < -0.3 is 30.7 Å². The Hall–Kier alpha value is -3.14. The van der Waals surface area contributed by atoms with Crippen molar-refractivity contribution in [2.45, 2.75) is 64.8 Å². The lowest BCUT2D eigenvalue weighted by atomic mass is 9.98. The van der Waals surface area contributed by atoms with Gasteiger partial charge in [-0.3, -0.25) is 14.4 Å². The second-order valence-electron chi connectivity index (χ2n) is 9.69. The Labute approximate surface area is 201 Å². The van der Waals surface area contributed by atoms with Crippen LogP contribution in [0.4, 0.5) is 4.79 Å². The number of carbonyl (C=O) groups is 4. The molecule has 1 aromatic carbocycles. The number of hydrogen-bond acceptors (Lipinski definition) is 6. The van der Waals surface area contributed by atoms with E-state index < -0.39 is 48.2 Å². The molecule has 10 heteroatoms. The molecule has 0 radical (unpaired) electrons. The molecule has 0 aliphatic carbocycles. The lowest BCUT2D eigenvalue weighted by molar-refractivity contribution is -0.135. The predicted molar refractivity (Wildman–Crippen MR) is 128 cm³/mol. The normalized spacial score (nSPS) is 13.9. The van der Waals surface area contributed by atoms with Crippen LogP contribution in [0, 0.1) is 5.92 Å². The zero-order valence-corrected chi connectivity index (χ0v) is 21.0. The molecular formula is C24H38N4O6. The largest absolute Gasteiger partial charge is 0.444 e. The molecule has 190 valence electrons. The lowest BCUT2D eigenvalue weighted by Gasteiger charge is -2.27. The number of aliphatic hydroxyl groups is 1. The van der Waals surface area contributed by atoms with Gasteiger partial charge in [-0.1, -0.05) is 44.2 Å². The predicted octanol–water partition coefficient (Wildman–Crippen LogP) is 1.35. The van der Waals surface area contributed by atoms with Gasteiger partial charge in [0.1, 0.15) is 11.6 Å². The van der Waals surface area contributed by atoms with Crippen LogP contribution >= 0.6 is 0 Å². The van der Waals surface area contributed by atoms with E-state index in [1.54, 1.807) is 65.2 Å². The summed E-state index contributed by atoms with van der Waals surface area (Å²) in [5.74, 6) is -1.70. The highest BCUT2D eigenvalue weighted by molar-refractivity contribution is 5.91. The van der Waals surface area contributed by atoms with E-state index in [1.807, 2.05) is 13.8 Å². The van der Waals surface area contributed by atoms with Gasteiger partial charge in [0.05, 0.1) is 12.6 Å². The van der Waals surface area contributed by atoms with Crippen LogP contribution in [0.5, 0.6) is 0 Å². The van der Waals surface area contributed by atoms with Gasteiger partial charge in [0.15, 0.2) is 6.10 Å². The van der Waals surface area contributed by atoms with Gasteiger partial charge in [-0.2, -0.15) is 0 Å². The summed E-state index contributed by atoms with van der Waals surface area (Å²) in [5, 5.41) is 18.0. The van der Waals surface area contributed by atoms with Gasteiger partial charge in [0.25, 0.3) is 5.91 Å². The fourth-order valence-electron chi connectivity index (χ4n) is 3.09. The summed E-state index contributed by atoms with van der Waals surface area (Å²) in [4.78, 5) is 51.1. The molecule has 2 unspecified atom stereocenters. The van der Waals surface area contributed by atoms with Crippen molar-refractivity contribution < 1.29 is 29.0 Å². The highest BCUT2D eigenvalue weighted by Crippen LogP contribution is 2.15. The molecule has 0 saturated heterocycles. The maximum Gasteiger partial charge on any atom is 0.407 e. The molecule has 0 aromatic heterocycles. The number of aliphatic hydroxyl groups excluding tert-OH is 1. The zero-order chi connectivity index (χ0) is 26.1. The molecule has 1 rings (SSSR count). The van der Waals surface area contributed by atoms with Crippen LogP contribution in [-0.2, 0) is 19.1 Å². The zero-order valence-electron chi connectivity index (χ0n) is 21.0. The molecule has 4 N–H and O–H groups in total. The number of carbonyl (C=O) groups excluding carboxylic acids is 4. The van der Waals surface area contributed by atoms with E-state index in [4.69, 9.17) is 4.74 Å². The standard InChI is InChI=1S/C24H38N4O6/c1-15(2)13-17(26-23(33)34-24(3,4)5)20(30)21(31)25-14-18(29)27-19(22(32)28(6)7)16-11-9-8-10-12-16/h8-12,15,17,19-20,30H,13-14H2,1-7H3,(H,25,31)(H,26,33)(H,27,29)/t17?,19-,20?/m0/s1. The van der Waals surface area contributed by atoms with Crippen molar-refractivity contribution in [1.29, 1.82) is 0 Å². The third-order valence-electron chi connectivity index (χ3n) is 4.63. The number of alkyl carbamates (subject to hydrolysis) is 1. The minimum absolute atomic E-state index is 0.0642. The number of rotatable bonds is 10. The Kier molecular flexibility index (Phi) is 11.0. The smallest absolute Gasteiger partial charge is 0.407 e. The van der Waals surface area contributed by atoms with Crippen molar-refractivity contribution in [3.63, 3.8) is 0 Å². The summed E-state index contributed by atoms with van der Waals surface area (Å²) in [6.45, 7) is 8.42. The average molecular weight is 479 g/mol. The minimum atomic E-state index is -1.60. The van der Waals surface area contributed by atoms with E-state index in [9.17, 15) is 24.3 Å². The summed E-state index contributed by atoms with van der Waals surface area (Å²) in [6.07, 6.45) is -2.04. The Morgan fingerprint density at radius 3 is 2.12 bits per heavy atom. The van der Waals surface area contributed by atoms with Crippen molar-refractivity contribution in [3.05, 3.63) is 35.9 Å². The van der Waals surface area contributed by atoms with E-state index in [2.05, 4.69) is 16.0 Å². The van der Waals surface area contributed by atoms with Gasteiger partial charge in [-0.15, -0.1) is 0 Å². The molecule has 0 heterocycles. The number of nitrogens with one attached hydrogen (secondary N) is 3. The lowest BCUT2D eigenvalue weighted by Crippen LogP contribution is -2.53. The van der Waals surface area contributed by atoms with Gasteiger partial charge in [-0.25, -0.2) is 4.79 Å². The number of likely N-dealkylation sites (N-methyl/N-ethyl adjacent to an activating group) is 1. The fourth-order valence-corrected chi connectivity index (χ4v) is 3.09. The summed E-state index contributed by atoms with van der Waals surface area (Å²) >= 11 is 0. The summed E-state index contributed by atoms with van der Waals surface area (Å²) in [7, 11) is 3.16. The molecule has 1 aromatic rings. The maximum absolute atomic E-state index is 12.6. The first-order valence-electron chi connectivity index (χ1n) is 11.2. The second-order valence-corrected chi connectivity index (χ2v) is 9.69. The first kappa shape index (κ1) is 28.9. The third-order valence-corrected chi connectivity index (χ3v) is 4.63. The van der Waals surface area contributed by atoms with Crippen LogP contribution in [0.1, 0.15) is 52.6 Å². The minimum Gasteiger partial charge on any atom is -0.444 e. The van der Waals surface area contributed by atoms with E-state index in [0.29, 0.717) is 12.0 Å². The molecule has 4 amide bonds. The van der Waals surface area contributed by atoms with Crippen LogP contribution in [0.2, 0.25) is 0 Å². The maximum atomic E-state index is 12.6. The van der Waals surface area contributed by atoms with Crippen molar-refractivity contribution in [3.8, 4) is 0 Å². The molecule has 0 aliphatic heterocycles. The molecule has 34 heavy (non-hydrogen) atoms. The third kappa shape index (κ3) is 10.2. The Morgan fingerprint density at radius 2 is 1.62 bits per heavy atom. The topological polar surface area (TPSA) is 137 Å². The molecule has 0 bridgehead atoms. The van der Waals surface area contributed by atoms with E-state index >= 15 is 0 Å². The molecular weight excluding hydrogens is 440 g/mol. The van der Waals surface area contributed by atoms with Crippen molar-refractivity contribution in [1.82, 2.24) is 20.9 Å². The van der Waals surface area contributed by atoms with Crippen LogP contribution in [0.15, 0.2) is 30.3 Å². The van der Waals surface area contributed by atoms with Crippen LogP contribution in [0.25, 0.3) is 0 Å². The number of amides is 4. The Morgan fingerprint density at radius 1 is 1.03 bits per heavy atom. The van der Waals surface area contributed by atoms with Gasteiger partial charge in [-0.05, 0) is 38.7 Å².